The number of carbonyl (C=O) groups excluding carboxylic acids is 1. The molecular weight excluding hydrogens is 298 g/mol. The minimum atomic E-state index is -0.0867. The molecule has 2 aromatic rings. The van der Waals surface area contributed by atoms with Gasteiger partial charge in [-0.2, -0.15) is 0 Å². The molecule has 116 valence electrons. The normalized spacial score (nSPS) is 21.8. The molecule has 1 aromatic carbocycles. The maximum absolute atomic E-state index is 12.7. The molecule has 1 aromatic heterocycles. The highest BCUT2D eigenvalue weighted by molar-refractivity contribution is 7.98. The zero-order chi connectivity index (χ0) is 15.5. The number of furan rings is 1. The first-order valence-electron chi connectivity index (χ1n) is 7.30. The zero-order valence-electron chi connectivity index (χ0n) is 12.7. The Morgan fingerprint density at radius 2 is 2.00 bits per heavy atom. The molecule has 2 heterocycles. The van der Waals surface area contributed by atoms with Gasteiger partial charge in [0.15, 0.2) is 10.9 Å². The van der Waals surface area contributed by atoms with Gasteiger partial charge in [-0.15, -0.1) is 0 Å². The minimum Gasteiger partial charge on any atom is -0.445 e. The summed E-state index contributed by atoms with van der Waals surface area (Å²) in [6, 6.07) is 13.6. The number of amides is 1. The third kappa shape index (κ3) is 3.05. The van der Waals surface area contributed by atoms with Gasteiger partial charge in [0, 0.05) is 0 Å². The Balaban J connectivity index is 1.78. The lowest BCUT2D eigenvalue weighted by atomic mass is 10.1. The lowest BCUT2D eigenvalue weighted by molar-refractivity contribution is -0.0496. The van der Waals surface area contributed by atoms with Gasteiger partial charge < -0.3 is 14.1 Å². The molecular formula is C17H19NO3S. The quantitative estimate of drug-likeness (QED) is 0.811. The zero-order valence-corrected chi connectivity index (χ0v) is 13.5. The van der Waals surface area contributed by atoms with Gasteiger partial charge in [-0.1, -0.05) is 42.1 Å². The highest BCUT2D eigenvalue weighted by Gasteiger charge is 2.32. The first-order chi connectivity index (χ1) is 10.7. The number of benzene rings is 1. The number of nitrogens with zero attached hydrogens (tertiary/aromatic N) is 1. The molecule has 1 amide bonds. The summed E-state index contributed by atoms with van der Waals surface area (Å²) in [5.74, 6) is 0.321. The Labute approximate surface area is 134 Å². The second-order valence-electron chi connectivity index (χ2n) is 5.36. The molecule has 0 N–H and O–H groups in total. The van der Waals surface area contributed by atoms with Crippen LogP contribution in [-0.2, 0) is 4.74 Å². The third-order valence-corrected chi connectivity index (χ3v) is 4.48. The van der Waals surface area contributed by atoms with Crippen molar-refractivity contribution in [2.24, 2.45) is 0 Å². The van der Waals surface area contributed by atoms with Crippen LogP contribution >= 0.6 is 11.8 Å². The highest BCUT2D eigenvalue weighted by atomic mass is 32.2. The van der Waals surface area contributed by atoms with Crippen molar-refractivity contribution >= 4 is 17.7 Å². The van der Waals surface area contributed by atoms with Crippen molar-refractivity contribution in [3.8, 4) is 0 Å². The monoisotopic (exact) mass is 317 g/mol. The van der Waals surface area contributed by atoms with Crippen molar-refractivity contribution < 1.29 is 13.9 Å². The molecule has 0 unspecified atom stereocenters. The van der Waals surface area contributed by atoms with Crippen molar-refractivity contribution in [2.45, 2.75) is 24.2 Å². The van der Waals surface area contributed by atoms with Gasteiger partial charge in [-0.05, 0) is 30.9 Å². The van der Waals surface area contributed by atoms with Crippen LogP contribution < -0.4 is 0 Å². The Kier molecular flexibility index (Phi) is 4.55. The summed E-state index contributed by atoms with van der Waals surface area (Å²) in [6.07, 6.45) is 1.84. The predicted octanol–water partition coefficient (Wildman–Crippen LogP) is 3.60. The number of ether oxygens (including phenoxy) is 1. The van der Waals surface area contributed by atoms with Crippen LogP contribution in [0.3, 0.4) is 0 Å². The number of carbonyl (C=O) groups is 1. The number of thioether (sulfide) groups is 1. The number of rotatable bonds is 3. The molecule has 1 aliphatic rings. The molecule has 22 heavy (non-hydrogen) atoms. The summed E-state index contributed by atoms with van der Waals surface area (Å²) in [6.45, 7) is 3.07. The van der Waals surface area contributed by atoms with E-state index in [2.05, 4.69) is 0 Å². The number of hydrogen-bond acceptors (Lipinski definition) is 4. The van der Waals surface area contributed by atoms with E-state index in [0.29, 0.717) is 18.9 Å². The second-order valence-corrected chi connectivity index (χ2v) is 6.17. The maximum atomic E-state index is 12.7. The fourth-order valence-corrected chi connectivity index (χ4v) is 2.97. The smallest absolute Gasteiger partial charge is 0.290 e. The van der Waals surface area contributed by atoms with Crippen molar-refractivity contribution in [1.29, 1.82) is 0 Å². The predicted molar refractivity (Wildman–Crippen MR) is 86.1 cm³/mol. The van der Waals surface area contributed by atoms with Gasteiger partial charge in [-0.3, -0.25) is 4.79 Å². The average Bonchev–Trinajstić information content (AvgIpc) is 3.04. The van der Waals surface area contributed by atoms with E-state index in [0.717, 1.165) is 10.7 Å². The summed E-state index contributed by atoms with van der Waals surface area (Å²) >= 11 is 1.49. The molecule has 4 nitrogen and oxygen atoms in total. The lowest BCUT2D eigenvalue weighted by Crippen LogP contribution is -2.48. The Bertz CT molecular complexity index is 640. The molecule has 1 aliphatic heterocycles. The molecule has 3 rings (SSSR count). The van der Waals surface area contributed by atoms with Crippen LogP contribution in [0, 0.1) is 0 Å². The van der Waals surface area contributed by atoms with E-state index in [1.807, 2.05) is 54.5 Å². The van der Waals surface area contributed by atoms with E-state index in [1.54, 1.807) is 6.07 Å². The summed E-state index contributed by atoms with van der Waals surface area (Å²) in [5.41, 5.74) is 1.09. The first-order valence-corrected chi connectivity index (χ1v) is 8.53. The van der Waals surface area contributed by atoms with E-state index in [-0.39, 0.29) is 18.1 Å². The Morgan fingerprint density at radius 3 is 2.68 bits per heavy atom. The third-order valence-electron chi connectivity index (χ3n) is 3.86. The van der Waals surface area contributed by atoms with Gasteiger partial charge in [-0.25, -0.2) is 0 Å². The van der Waals surface area contributed by atoms with Crippen LogP contribution in [0.25, 0.3) is 0 Å². The van der Waals surface area contributed by atoms with Crippen molar-refractivity contribution in [3.05, 3.63) is 53.8 Å². The van der Waals surface area contributed by atoms with Gasteiger partial charge in [0.2, 0.25) is 0 Å². The average molecular weight is 317 g/mol. The van der Waals surface area contributed by atoms with Crippen LogP contribution in [0.4, 0.5) is 0 Å². The van der Waals surface area contributed by atoms with Crippen molar-refractivity contribution in [3.63, 3.8) is 0 Å². The highest BCUT2D eigenvalue weighted by Crippen LogP contribution is 2.27. The van der Waals surface area contributed by atoms with Crippen LogP contribution in [-0.4, -0.2) is 36.3 Å². The summed E-state index contributed by atoms with van der Waals surface area (Å²) in [7, 11) is 0. The van der Waals surface area contributed by atoms with Crippen molar-refractivity contribution in [1.82, 2.24) is 4.90 Å². The van der Waals surface area contributed by atoms with E-state index in [1.165, 1.54) is 11.8 Å². The topological polar surface area (TPSA) is 42.7 Å². The van der Waals surface area contributed by atoms with Crippen LogP contribution in [0.1, 0.15) is 29.1 Å². The molecule has 1 saturated heterocycles. The largest absolute Gasteiger partial charge is 0.445 e. The standard InChI is InChI=1S/C17H19NO3S/c1-12-11-20-15(13-6-4-3-5-7-13)10-18(12)17(19)14-8-9-16(21-14)22-2/h3-9,12,15H,10-11H2,1-2H3/t12-,15+/m0/s1. The summed E-state index contributed by atoms with van der Waals surface area (Å²) in [5, 5.41) is 0.754. The molecule has 0 spiro atoms. The van der Waals surface area contributed by atoms with Gasteiger partial charge in [0.25, 0.3) is 5.91 Å². The molecule has 2 atom stereocenters. The van der Waals surface area contributed by atoms with E-state index < -0.39 is 0 Å². The van der Waals surface area contributed by atoms with Crippen molar-refractivity contribution in [2.75, 3.05) is 19.4 Å². The van der Waals surface area contributed by atoms with Crippen LogP contribution in [0.15, 0.2) is 52.0 Å². The van der Waals surface area contributed by atoms with Gasteiger partial charge in [0.1, 0.15) is 6.10 Å². The van der Waals surface area contributed by atoms with Crippen LogP contribution in [0.5, 0.6) is 0 Å². The minimum absolute atomic E-state index is 0.0373. The summed E-state index contributed by atoms with van der Waals surface area (Å²) in [4.78, 5) is 14.5. The lowest BCUT2D eigenvalue weighted by Gasteiger charge is -2.37. The van der Waals surface area contributed by atoms with E-state index in [4.69, 9.17) is 9.15 Å². The fourth-order valence-electron chi connectivity index (χ4n) is 2.60. The van der Waals surface area contributed by atoms with E-state index >= 15 is 0 Å². The molecule has 0 bridgehead atoms. The Hall–Kier alpha value is -1.72. The molecule has 0 saturated carbocycles. The molecule has 1 fully saturated rings. The number of hydrogen-bond donors (Lipinski definition) is 0. The molecule has 0 radical (unpaired) electrons. The van der Waals surface area contributed by atoms with Gasteiger partial charge >= 0.3 is 0 Å². The SMILES string of the molecule is CSc1ccc(C(=O)N2C[C@H](c3ccccc3)OC[C@@H]2C)o1. The first kappa shape index (κ1) is 15.2. The fraction of sp³-hybridized carbons (Fsp3) is 0.353. The maximum Gasteiger partial charge on any atom is 0.290 e. The molecule has 0 aliphatic carbocycles. The van der Waals surface area contributed by atoms with E-state index in [9.17, 15) is 4.79 Å². The summed E-state index contributed by atoms with van der Waals surface area (Å²) < 4.78 is 11.5. The number of morpholine rings is 1. The molecule has 5 heteroatoms. The van der Waals surface area contributed by atoms with Crippen LogP contribution in [0.2, 0.25) is 0 Å². The Morgan fingerprint density at radius 1 is 1.23 bits per heavy atom. The second kappa shape index (κ2) is 6.58. The van der Waals surface area contributed by atoms with Gasteiger partial charge in [0.05, 0.1) is 19.2 Å².